The molecule has 2 N–H and O–H groups in total. The largest absolute Gasteiger partial charge is 0.352 e. The first kappa shape index (κ1) is 28.7. The van der Waals surface area contributed by atoms with E-state index in [1.807, 2.05) is 0 Å². The number of anilines is 2. The number of piperazine rings is 1. The summed E-state index contributed by atoms with van der Waals surface area (Å²) in [6.07, 6.45) is 8.46. The Labute approximate surface area is 240 Å². The molecule has 0 spiro atoms. The number of nitrogens with zero attached hydrogens (tertiary/aromatic N) is 4. The summed E-state index contributed by atoms with van der Waals surface area (Å²) in [5.74, 6) is -0.168. The van der Waals surface area contributed by atoms with E-state index in [0.717, 1.165) is 56.6 Å². The number of imide groups is 1. The molecule has 9 nitrogen and oxygen atoms in total. The Balaban J connectivity index is 1.08. The Morgan fingerprint density at radius 3 is 2.41 bits per heavy atom. The summed E-state index contributed by atoms with van der Waals surface area (Å²) in [6.45, 7) is 6.07. The number of aromatic nitrogens is 2. The molecule has 218 valence electrons. The van der Waals surface area contributed by atoms with Crippen LogP contribution in [0.4, 0.5) is 15.9 Å². The molecular formula is C31H39FN6O3. The molecule has 0 saturated carbocycles. The zero-order chi connectivity index (χ0) is 28.8. The quantitative estimate of drug-likeness (QED) is 0.219. The van der Waals surface area contributed by atoms with E-state index < -0.39 is 0 Å². The predicted molar refractivity (Wildman–Crippen MR) is 158 cm³/mol. The van der Waals surface area contributed by atoms with Gasteiger partial charge in [-0.05, 0) is 42.8 Å². The fraction of sp³-hybridized carbons (Fsp3) is 0.484. The van der Waals surface area contributed by atoms with Crippen LogP contribution in [-0.4, -0.2) is 77.0 Å². The van der Waals surface area contributed by atoms with E-state index in [4.69, 9.17) is 0 Å². The molecule has 3 amide bonds. The molecule has 1 saturated heterocycles. The topological polar surface area (TPSA) is 102 Å². The molecule has 0 radical (unpaired) electrons. The van der Waals surface area contributed by atoms with Gasteiger partial charge in [0.2, 0.25) is 5.91 Å². The molecule has 0 aliphatic carbocycles. The molecule has 2 aromatic carbocycles. The van der Waals surface area contributed by atoms with E-state index in [9.17, 15) is 18.8 Å². The highest BCUT2D eigenvalue weighted by Crippen LogP contribution is 2.27. The highest BCUT2D eigenvalue weighted by Gasteiger charge is 2.36. The van der Waals surface area contributed by atoms with E-state index >= 15 is 0 Å². The van der Waals surface area contributed by atoms with Crippen LogP contribution in [0.3, 0.4) is 0 Å². The number of hydrogen-bond acceptors (Lipinski definition) is 6. The van der Waals surface area contributed by atoms with Crippen molar-refractivity contribution in [3.8, 4) is 0 Å². The molecule has 41 heavy (non-hydrogen) atoms. The first-order valence-corrected chi connectivity index (χ1v) is 14.9. The van der Waals surface area contributed by atoms with Crippen molar-refractivity contribution in [3.63, 3.8) is 0 Å². The Morgan fingerprint density at radius 2 is 1.63 bits per heavy atom. The fourth-order valence-corrected chi connectivity index (χ4v) is 5.68. The van der Waals surface area contributed by atoms with Gasteiger partial charge in [-0.25, -0.2) is 4.39 Å². The van der Waals surface area contributed by atoms with Crippen LogP contribution in [0.5, 0.6) is 0 Å². The molecule has 3 aromatic rings. The number of unbranched alkanes of at least 4 members (excludes halogenated alkanes) is 6. The number of halogens is 1. The maximum absolute atomic E-state index is 13.5. The molecule has 1 fully saturated rings. The van der Waals surface area contributed by atoms with E-state index in [1.54, 1.807) is 24.3 Å². The van der Waals surface area contributed by atoms with E-state index in [0.29, 0.717) is 41.8 Å². The van der Waals surface area contributed by atoms with Gasteiger partial charge < -0.3 is 10.2 Å². The molecule has 10 heteroatoms. The maximum Gasteiger partial charge on any atom is 0.261 e. The molecule has 2 aliphatic heterocycles. The summed E-state index contributed by atoms with van der Waals surface area (Å²) < 4.78 is 13.5. The van der Waals surface area contributed by atoms with Crippen LogP contribution in [-0.2, 0) is 4.79 Å². The van der Waals surface area contributed by atoms with Crippen LogP contribution in [0.1, 0.15) is 79.0 Å². The first-order chi connectivity index (χ1) is 19.9. The van der Waals surface area contributed by atoms with Crippen molar-refractivity contribution in [1.82, 2.24) is 20.0 Å². The van der Waals surface area contributed by atoms with Crippen LogP contribution < -0.4 is 10.2 Å². The normalized spacial score (nSPS) is 15.7. The molecule has 0 unspecified atom stereocenters. The molecule has 0 atom stereocenters. The smallest absolute Gasteiger partial charge is 0.261 e. The van der Waals surface area contributed by atoms with Crippen molar-refractivity contribution >= 4 is 40.1 Å². The van der Waals surface area contributed by atoms with Crippen molar-refractivity contribution < 1.29 is 18.8 Å². The van der Waals surface area contributed by atoms with Gasteiger partial charge in [0.05, 0.1) is 16.6 Å². The average molecular weight is 563 g/mol. The van der Waals surface area contributed by atoms with E-state index in [1.165, 1.54) is 42.7 Å². The van der Waals surface area contributed by atoms with E-state index in [2.05, 4.69) is 32.2 Å². The van der Waals surface area contributed by atoms with Crippen LogP contribution in [0.15, 0.2) is 36.4 Å². The van der Waals surface area contributed by atoms with Gasteiger partial charge in [0.15, 0.2) is 5.82 Å². The summed E-state index contributed by atoms with van der Waals surface area (Å²) in [7, 11) is 0. The van der Waals surface area contributed by atoms with Gasteiger partial charge in [0, 0.05) is 56.8 Å². The Morgan fingerprint density at radius 1 is 0.902 bits per heavy atom. The number of H-pyrrole nitrogens is 1. The lowest BCUT2D eigenvalue weighted by atomic mass is 10.1. The highest BCUT2D eigenvalue weighted by atomic mass is 19.1. The fourth-order valence-electron chi connectivity index (χ4n) is 5.68. The van der Waals surface area contributed by atoms with Crippen molar-refractivity contribution in [2.24, 2.45) is 0 Å². The standard InChI is InChI=1S/C31H39FN6O3/c1-2-3-4-5-6-7-8-9-28(39)33-23-11-13-24-26(21-23)31(41)38(30(24)40)19-16-36-14-17-37(18-15-36)29-25-12-10-22(32)20-27(25)34-35-29/h10-13,20-21H,2-9,14-19H2,1H3,(H,33,39)(H,34,35). The number of benzene rings is 2. The second-order valence-corrected chi connectivity index (χ2v) is 11.0. The lowest BCUT2D eigenvalue weighted by molar-refractivity contribution is -0.116. The van der Waals surface area contributed by atoms with Gasteiger partial charge in [-0.15, -0.1) is 0 Å². The Kier molecular flexibility index (Phi) is 9.28. The van der Waals surface area contributed by atoms with Gasteiger partial charge in [-0.2, -0.15) is 5.10 Å². The lowest BCUT2D eigenvalue weighted by Gasteiger charge is -2.35. The number of amides is 3. The zero-order valence-corrected chi connectivity index (χ0v) is 23.8. The molecule has 0 bridgehead atoms. The molecular weight excluding hydrogens is 523 g/mol. The minimum Gasteiger partial charge on any atom is -0.352 e. The second-order valence-electron chi connectivity index (χ2n) is 11.0. The summed E-state index contributed by atoms with van der Waals surface area (Å²) in [4.78, 5) is 44.2. The predicted octanol–water partition coefficient (Wildman–Crippen LogP) is 5.20. The number of aromatic amines is 1. The van der Waals surface area contributed by atoms with Gasteiger partial charge in [0.25, 0.3) is 11.8 Å². The van der Waals surface area contributed by atoms with E-state index in [-0.39, 0.29) is 23.5 Å². The molecule has 3 heterocycles. The number of nitrogens with one attached hydrogen (secondary N) is 2. The number of carbonyl (C=O) groups excluding carboxylic acids is 3. The molecule has 1 aromatic heterocycles. The SMILES string of the molecule is CCCCCCCCCC(=O)Nc1ccc2c(c1)C(=O)N(CCN1CCN(c3n[nH]c4cc(F)ccc34)CC1)C2=O. The summed E-state index contributed by atoms with van der Waals surface area (Å²) >= 11 is 0. The summed E-state index contributed by atoms with van der Waals surface area (Å²) in [6, 6.07) is 9.58. The Hall–Kier alpha value is -3.79. The van der Waals surface area contributed by atoms with Gasteiger partial charge in [-0.3, -0.25) is 29.3 Å². The number of fused-ring (bicyclic) bond motifs is 2. The minimum absolute atomic E-state index is 0.0683. The van der Waals surface area contributed by atoms with Crippen LogP contribution in [0, 0.1) is 5.82 Å². The van der Waals surface area contributed by atoms with Crippen molar-refractivity contribution in [1.29, 1.82) is 0 Å². The summed E-state index contributed by atoms with van der Waals surface area (Å²) in [5.41, 5.74) is 1.94. The number of carbonyl (C=O) groups is 3. The number of hydrogen-bond donors (Lipinski definition) is 2. The second kappa shape index (κ2) is 13.2. The maximum atomic E-state index is 13.5. The zero-order valence-electron chi connectivity index (χ0n) is 23.8. The first-order valence-electron chi connectivity index (χ1n) is 14.9. The minimum atomic E-state index is -0.318. The van der Waals surface area contributed by atoms with Crippen LogP contribution in [0.25, 0.3) is 10.9 Å². The third-order valence-electron chi connectivity index (χ3n) is 8.08. The number of rotatable bonds is 13. The van der Waals surface area contributed by atoms with Crippen molar-refractivity contribution in [2.75, 3.05) is 49.5 Å². The van der Waals surface area contributed by atoms with Gasteiger partial charge in [0.1, 0.15) is 5.82 Å². The van der Waals surface area contributed by atoms with Gasteiger partial charge >= 0.3 is 0 Å². The monoisotopic (exact) mass is 562 g/mol. The third-order valence-corrected chi connectivity index (χ3v) is 8.08. The summed E-state index contributed by atoms with van der Waals surface area (Å²) in [5, 5.41) is 11.1. The van der Waals surface area contributed by atoms with Crippen molar-refractivity contribution in [2.45, 2.75) is 58.3 Å². The molecule has 5 rings (SSSR count). The van der Waals surface area contributed by atoms with Crippen LogP contribution in [0.2, 0.25) is 0 Å². The average Bonchev–Trinajstić information content (AvgIpc) is 3.49. The third kappa shape index (κ3) is 6.75. The highest BCUT2D eigenvalue weighted by molar-refractivity contribution is 6.21. The lowest BCUT2D eigenvalue weighted by Crippen LogP contribution is -2.49. The van der Waals surface area contributed by atoms with Crippen molar-refractivity contribution in [3.05, 3.63) is 53.3 Å². The van der Waals surface area contributed by atoms with Gasteiger partial charge in [-0.1, -0.05) is 45.4 Å². The Bertz CT molecular complexity index is 1400. The van der Waals surface area contributed by atoms with Crippen LogP contribution >= 0.6 is 0 Å². The molecule has 2 aliphatic rings.